The van der Waals surface area contributed by atoms with E-state index in [1.165, 1.54) is 59.1 Å². The topological polar surface area (TPSA) is 38.9 Å². The van der Waals surface area contributed by atoms with Gasteiger partial charge in [-0.15, -0.1) is 11.3 Å². The number of rotatable bonds is 3. The average molecular weight is 671 g/mol. The number of fused-ring (bicyclic) bond motifs is 11. The summed E-state index contributed by atoms with van der Waals surface area (Å²) >= 11 is 1.89. The largest absolute Gasteiger partial charge is 0.436 e. The van der Waals surface area contributed by atoms with Crippen LogP contribution in [0.25, 0.3) is 97.8 Å². The summed E-state index contributed by atoms with van der Waals surface area (Å²) in [6.45, 7) is 4.70. The maximum absolute atomic E-state index is 6.26. The van der Waals surface area contributed by atoms with Crippen LogP contribution in [0.4, 0.5) is 0 Å². The molecule has 0 bridgehead atoms. The lowest BCUT2D eigenvalue weighted by molar-refractivity contribution is 0.654. The lowest BCUT2D eigenvalue weighted by Gasteiger charge is -2.22. The van der Waals surface area contributed by atoms with Gasteiger partial charge in [0.25, 0.3) is 0 Å². The van der Waals surface area contributed by atoms with Crippen molar-refractivity contribution in [1.82, 2.24) is 9.97 Å². The highest BCUT2D eigenvalue weighted by Gasteiger charge is 2.35. The Hall–Kier alpha value is -6.10. The van der Waals surface area contributed by atoms with Crippen molar-refractivity contribution in [3.05, 3.63) is 157 Å². The molecule has 51 heavy (non-hydrogen) atoms. The molecular formula is C47H30N2OS. The first-order valence-corrected chi connectivity index (χ1v) is 18.2. The molecule has 1 aliphatic rings. The number of furan rings is 1. The van der Waals surface area contributed by atoms with Gasteiger partial charge in [-0.3, -0.25) is 0 Å². The van der Waals surface area contributed by atoms with E-state index in [2.05, 4.69) is 147 Å². The predicted molar refractivity (Wildman–Crippen MR) is 214 cm³/mol. The highest BCUT2D eigenvalue weighted by Crippen LogP contribution is 2.51. The third kappa shape index (κ3) is 4.11. The van der Waals surface area contributed by atoms with Crippen molar-refractivity contribution in [2.45, 2.75) is 19.3 Å². The van der Waals surface area contributed by atoms with Crippen LogP contribution in [-0.4, -0.2) is 9.97 Å². The molecule has 0 saturated heterocycles. The predicted octanol–water partition coefficient (Wildman–Crippen LogP) is 13.2. The van der Waals surface area contributed by atoms with E-state index in [-0.39, 0.29) is 5.41 Å². The van der Waals surface area contributed by atoms with E-state index < -0.39 is 0 Å². The van der Waals surface area contributed by atoms with E-state index >= 15 is 0 Å². The fraction of sp³-hybridized carbons (Fsp3) is 0.0638. The van der Waals surface area contributed by atoms with Crippen molar-refractivity contribution >= 4 is 64.5 Å². The van der Waals surface area contributed by atoms with Gasteiger partial charge in [-0.05, 0) is 73.5 Å². The molecule has 0 saturated carbocycles. The molecule has 0 radical (unpaired) electrons. The van der Waals surface area contributed by atoms with E-state index in [1.54, 1.807) is 0 Å². The van der Waals surface area contributed by atoms with E-state index in [4.69, 9.17) is 14.4 Å². The van der Waals surface area contributed by atoms with Crippen LogP contribution in [0.15, 0.2) is 150 Å². The molecule has 0 fully saturated rings. The number of aromatic nitrogens is 2. The van der Waals surface area contributed by atoms with Gasteiger partial charge in [0.2, 0.25) is 5.71 Å². The van der Waals surface area contributed by atoms with Gasteiger partial charge in [0.15, 0.2) is 0 Å². The van der Waals surface area contributed by atoms with Gasteiger partial charge >= 0.3 is 0 Å². The van der Waals surface area contributed by atoms with Gasteiger partial charge in [0.05, 0.1) is 17.3 Å². The van der Waals surface area contributed by atoms with E-state index in [0.29, 0.717) is 5.71 Å². The standard InChI is InChI=1S/C47H30N2OS/c1-47(2)38-19-6-5-14-34(38)35-22-20-29(25-39(35)47)33-16-9-18-37-36-17-8-15-32(44(36)51-45(33)37)28-11-7-12-30(24-28)40-26-48-43-42-31-13-4-3-10-27(31)21-23-41(42)50-46(43)49-40/h3-26H,1-2H3. The van der Waals surface area contributed by atoms with Crippen LogP contribution in [0.5, 0.6) is 0 Å². The molecule has 11 rings (SSSR count). The Kier molecular flexibility index (Phi) is 5.89. The second kappa shape index (κ2) is 10.5. The SMILES string of the molecule is CC1(C)c2ccccc2-c2ccc(-c3cccc4c3sc3c(-c5cccc(-c6cnc7c(n6)oc6ccc8ccccc8c67)c5)cccc34)cc21. The number of thiophene rings is 1. The Morgan fingerprint density at radius 2 is 1.22 bits per heavy atom. The van der Waals surface area contributed by atoms with Gasteiger partial charge in [-0.25, -0.2) is 9.97 Å². The van der Waals surface area contributed by atoms with Crippen molar-refractivity contribution < 1.29 is 4.42 Å². The van der Waals surface area contributed by atoms with Gasteiger partial charge < -0.3 is 4.42 Å². The Balaban J connectivity index is 1.02. The lowest BCUT2D eigenvalue weighted by Crippen LogP contribution is -2.14. The molecule has 7 aromatic carbocycles. The minimum atomic E-state index is -0.0398. The zero-order valence-corrected chi connectivity index (χ0v) is 28.9. The summed E-state index contributed by atoms with van der Waals surface area (Å²) in [5.74, 6) is 0. The molecule has 240 valence electrons. The van der Waals surface area contributed by atoms with E-state index in [1.807, 2.05) is 23.6 Å². The molecule has 10 aromatic rings. The molecule has 0 unspecified atom stereocenters. The second-order valence-electron chi connectivity index (χ2n) is 14.1. The minimum Gasteiger partial charge on any atom is -0.436 e. The van der Waals surface area contributed by atoms with Crippen LogP contribution in [-0.2, 0) is 5.41 Å². The second-order valence-corrected chi connectivity index (χ2v) is 15.2. The fourth-order valence-corrected chi connectivity index (χ4v) is 9.80. The van der Waals surface area contributed by atoms with Crippen LogP contribution < -0.4 is 0 Å². The van der Waals surface area contributed by atoms with Gasteiger partial charge in [-0.2, -0.15) is 0 Å². The van der Waals surface area contributed by atoms with Crippen LogP contribution >= 0.6 is 11.3 Å². The van der Waals surface area contributed by atoms with Gasteiger partial charge in [-0.1, -0.05) is 135 Å². The Bertz CT molecular complexity index is 3070. The van der Waals surface area contributed by atoms with Crippen molar-refractivity contribution in [1.29, 1.82) is 0 Å². The summed E-state index contributed by atoms with van der Waals surface area (Å²) in [5.41, 5.74) is 14.3. The molecule has 1 aliphatic carbocycles. The molecule has 0 spiro atoms. The number of hydrogen-bond donors (Lipinski definition) is 0. The number of benzene rings is 7. The van der Waals surface area contributed by atoms with Gasteiger partial charge in [0.1, 0.15) is 11.1 Å². The van der Waals surface area contributed by atoms with Crippen LogP contribution in [0.2, 0.25) is 0 Å². The highest BCUT2D eigenvalue weighted by atomic mass is 32.1. The molecule has 0 atom stereocenters. The summed E-state index contributed by atoms with van der Waals surface area (Å²) < 4.78 is 8.86. The van der Waals surface area contributed by atoms with Crippen LogP contribution in [0, 0.1) is 0 Å². The molecule has 3 aromatic heterocycles. The molecular weight excluding hydrogens is 641 g/mol. The average Bonchev–Trinajstić information content (AvgIpc) is 3.82. The zero-order chi connectivity index (χ0) is 33.8. The summed E-state index contributed by atoms with van der Waals surface area (Å²) in [7, 11) is 0. The first-order chi connectivity index (χ1) is 25.0. The van der Waals surface area contributed by atoms with Crippen molar-refractivity contribution in [2.24, 2.45) is 0 Å². The third-order valence-electron chi connectivity index (χ3n) is 11.0. The fourth-order valence-electron chi connectivity index (χ4n) is 8.43. The third-order valence-corrected chi connectivity index (χ3v) is 12.3. The van der Waals surface area contributed by atoms with Crippen LogP contribution in [0.3, 0.4) is 0 Å². The first-order valence-electron chi connectivity index (χ1n) is 17.4. The van der Waals surface area contributed by atoms with Gasteiger partial charge in [0, 0.05) is 31.2 Å². The van der Waals surface area contributed by atoms with Crippen molar-refractivity contribution in [3.8, 4) is 44.6 Å². The quantitative estimate of drug-likeness (QED) is 0.188. The molecule has 0 N–H and O–H groups in total. The van der Waals surface area contributed by atoms with E-state index in [9.17, 15) is 0 Å². The van der Waals surface area contributed by atoms with Crippen LogP contribution in [0.1, 0.15) is 25.0 Å². The summed E-state index contributed by atoms with van der Waals surface area (Å²) in [4.78, 5) is 9.89. The normalized spacial score (nSPS) is 13.5. The maximum Gasteiger partial charge on any atom is 0.246 e. The zero-order valence-electron chi connectivity index (χ0n) is 28.1. The smallest absolute Gasteiger partial charge is 0.246 e. The summed E-state index contributed by atoms with van der Waals surface area (Å²) in [6.07, 6.45) is 1.88. The monoisotopic (exact) mass is 670 g/mol. The molecule has 3 nitrogen and oxygen atoms in total. The Labute approximate surface area is 298 Å². The number of hydrogen-bond acceptors (Lipinski definition) is 4. The maximum atomic E-state index is 6.26. The number of nitrogens with zero attached hydrogens (tertiary/aromatic N) is 2. The molecule has 3 heterocycles. The molecule has 0 aliphatic heterocycles. The lowest BCUT2D eigenvalue weighted by atomic mass is 9.81. The van der Waals surface area contributed by atoms with Crippen molar-refractivity contribution in [3.63, 3.8) is 0 Å². The Morgan fingerprint density at radius 3 is 2.06 bits per heavy atom. The first kappa shape index (κ1) is 28.7. The summed E-state index contributed by atoms with van der Waals surface area (Å²) in [6, 6.07) is 50.5. The van der Waals surface area contributed by atoms with Crippen molar-refractivity contribution in [2.75, 3.05) is 0 Å². The minimum absolute atomic E-state index is 0.0398. The highest BCUT2D eigenvalue weighted by molar-refractivity contribution is 7.26. The molecule has 4 heteroatoms. The Morgan fingerprint density at radius 1 is 0.549 bits per heavy atom. The summed E-state index contributed by atoms with van der Waals surface area (Å²) in [5, 5.41) is 5.88. The van der Waals surface area contributed by atoms with E-state index in [0.717, 1.165) is 44.1 Å². The molecule has 0 amide bonds.